The number of nitrogens with two attached hydrogens (primary N) is 1. The fourth-order valence-corrected chi connectivity index (χ4v) is 0.859. The van der Waals surface area contributed by atoms with Gasteiger partial charge < -0.3 is 5.73 Å². The number of rotatable bonds is 4. The third-order valence-corrected chi connectivity index (χ3v) is 1.61. The van der Waals surface area contributed by atoms with Gasteiger partial charge >= 0.3 is 0 Å². The highest BCUT2D eigenvalue weighted by Crippen LogP contribution is 2.02. The van der Waals surface area contributed by atoms with Crippen LogP contribution in [-0.2, 0) is 4.79 Å². The first-order valence-electron chi connectivity index (χ1n) is 3.47. The van der Waals surface area contributed by atoms with Gasteiger partial charge in [-0.2, -0.15) is 12.6 Å². The Bertz CT molecular complexity index is 114. The highest BCUT2D eigenvalue weighted by molar-refractivity contribution is 7.80. The Morgan fingerprint density at radius 3 is 2.40 bits per heavy atom. The van der Waals surface area contributed by atoms with Crippen LogP contribution >= 0.6 is 12.6 Å². The van der Waals surface area contributed by atoms with Crippen LogP contribution in [0.3, 0.4) is 0 Å². The molecule has 0 aromatic carbocycles. The van der Waals surface area contributed by atoms with E-state index in [2.05, 4.69) is 12.6 Å². The van der Waals surface area contributed by atoms with Gasteiger partial charge in [0.1, 0.15) is 0 Å². The van der Waals surface area contributed by atoms with Crippen molar-refractivity contribution >= 4 is 18.4 Å². The predicted molar refractivity (Wildman–Crippen MR) is 46.3 cm³/mol. The zero-order valence-electron chi connectivity index (χ0n) is 6.50. The van der Waals surface area contributed by atoms with Crippen LogP contribution in [0, 0.1) is 5.92 Å². The van der Waals surface area contributed by atoms with Crippen LogP contribution in [0.4, 0.5) is 0 Å². The number of ketones is 1. The molecule has 0 unspecified atom stereocenters. The van der Waals surface area contributed by atoms with E-state index in [-0.39, 0.29) is 11.8 Å². The van der Waals surface area contributed by atoms with Crippen LogP contribution in [0.2, 0.25) is 0 Å². The van der Waals surface area contributed by atoms with Crippen LogP contribution in [0.25, 0.3) is 0 Å². The summed E-state index contributed by atoms with van der Waals surface area (Å²) in [7, 11) is 0. The molecule has 0 aliphatic rings. The van der Waals surface area contributed by atoms with E-state index >= 15 is 0 Å². The van der Waals surface area contributed by atoms with E-state index in [4.69, 9.17) is 5.73 Å². The van der Waals surface area contributed by atoms with Crippen LogP contribution < -0.4 is 5.73 Å². The van der Waals surface area contributed by atoms with Gasteiger partial charge in [0, 0.05) is 12.2 Å². The molecule has 0 aromatic rings. The molecule has 2 nitrogen and oxygen atoms in total. The van der Waals surface area contributed by atoms with Gasteiger partial charge in [-0.3, -0.25) is 4.79 Å². The highest BCUT2D eigenvalue weighted by Gasteiger charge is 2.12. The second kappa shape index (κ2) is 4.74. The molecule has 0 heterocycles. The molecule has 10 heavy (non-hydrogen) atoms. The summed E-state index contributed by atoms with van der Waals surface area (Å²) < 4.78 is 0. The van der Waals surface area contributed by atoms with Crippen molar-refractivity contribution in [3.8, 4) is 0 Å². The Morgan fingerprint density at radius 2 is 2.10 bits per heavy atom. The van der Waals surface area contributed by atoms with Crippen LogP contribution in [-0.4, -0.2) is 17.6 Å². The summed E-state index contributed by atoms with van der Waals surface area (Å²) in [5.74, 6) is 0.967. The molecule has 3 heteroatoms. The molecule has 0 spiro atoms. The standard InChI is InChI=1S/C7H15NOS/c1-5(2)3-7(9)6(8)4-10/h5-6,10H,3-4,8H2,1-2H3/t6-/m1/s1. The first-order chi connectivity index (χ1) is 4.57. The molecule has 0 aliphatic carbocycles. The maximum Gasteiger partial charge on any atom is 0.150 e. The second-order valence-electron chi connectivity index (χ2n) is 2.85. The Balaban J connectivity index is 3.62. The largest absolute Gasteiger partial charge is 0.321 e. The molecule has 0 rings (SSSR count). The minimum absolute atomic E-state index is 0.116. The van der Waals surface area contributed by atoms with Crippen molar-refractivity contribution in [3.63, 3.8) is 0 Å². The summed E-state index contributed by atoms with van der Waals surface area (Å²) >= 11 is 3.93. The van der Waals surface area contributed by atoms with E-state index in [1.54, 1.807) is 0 Å². The van der Waals surface area contributed by atoms with Gasteiger partial charge in [0.2, 0.25) is 0 Å². The Morgan fingerprint density at radius 1 is 1.60 bits per heavy atom. The lowest BCUT2D eigenvalue weighted by Gasteiger charge is -2.08. The maximum absolute atomic E-state index is 11.0. The Hall–Kier alpha value is -0.0200. The fraction of sp³-hybridized carbons (Fsp3) is 0.857. The van der Waals surface area contributed by atoms with Gasteiger partial charge in [-0.1, -0.05) is 13.8 Å². The number of thiol groups is 1. The van der Waals surface area contributed by atoms with Gasteiger partial charge in [-0.05, 0) is 5.92 Å². The number of carbonyl (C=O) groups is 1. The van der Waals surface area contributed by atoms with Gasteiger partial charge in [0.25, 0.3) is 0 Å². The summed E-state index contributed by atoms with van der Waals surface area (Å²) in [6, 6.07) is -0.370. The molecule has 0 aromatic heterocycles. The highest BCUT2D eigenvalue weighted by atomic mass is 32.1. The molecule has 0 saturated heterocycles. The summed E-state index contributed by atoms with van der Waals surface area (Å²) in [5, 5.41) is 0. The number of carbonyl (C=O) groups excluding carboxylic acids is 1. The first kappa shape index (κ1) is 9.98. The van der Waals surface area contributed by atoms with Gasteiger partial charge in [0.15, 0.2) is 5.78 Å². The molecular formula is C7H15NOS. The topological polar surface area (TPSA) is 43.1 Å². The minimum Gasteiger partial charge on any atom is -0.321 e. The van der Waals surface area contributed by atoms with Crippen molar-refractivity contribution in [1.29, 1.82) is 0 Å². The van der Waals surface area contributed by atoms with Crippen molar-refractivity contribution in [2.75, 3.05) is 5.75 Å². The normalized spacial score (nSPS) is 13.7. The molecule has 0 fully saturated rings. The van der Waals surface area contributed by atoms with Crippen LogP contribution in [0.15, 0.2) is 0 Å². The number of Topliss-reactive ketones (excluding diaryl/α,β-unsaturated/α-hetero) is 1. The zero-order chi connectivity index (χ0) is 8.15. The molecule has 60 valence electrons. The molecule has 2 N–H and O–H groups in total. The average molecular weight is 161 g/mol. The number of hydrogen-bond donors (Lipinski definition) is 2. The summed E-state index contributed by atoms with van der Waals surface area (Å²) in [6.07, 6.45) is 0.571. The third kappa shape index (κ3) is 3.90. The Labute approximate surface area is 67.6 Å². The molecule has 0 aliphatic heterocycles. The quantitative estimate of drug-likeness (QED) is 0.600. The minimum atomic E-state index is -0.370. The van der Waals surface area contributed by atoms with E-state index in [9.17, 15) is 4.79 Å². The predicted octanol–water partition coefficient (Wildman–Crippen LogP) is 0.859. The SMILES string of the molecule is CC(C)CC(=O)[C@H](N)CS. The molecule has 1 atom stereocenters. The number of hydrogen-bond acceptors (Lipinski definition) is 3. The molecule has 0 bridgehead atoms. The summed E-state index contributed by atoms with van der Waals surface area (Å²) in [6.45, 7) is 4.01. The average Bonchev–Trinajstić information content (AvgIpc) is 1.85. The summed E-state index contributed by atoms with van der Waals surface area (Å²) in [4.78, 5) is 11.0. The summed E-state index contributed by atoms with van der Waals surface area (Å²) in [5.41, 5.74) is 5.44. The van der Waals surface area contributed by atoms with E-state index in [0.29, 0.717) is 18.1 Å². The van der Waals surface area contributed by atoms with E-state index < -0.39 is 0 Å². The molecule has 0 saturated carbocycles. The van der Waals surface area contributed by atoms with Gasteiger partial charge in [0.05, 0.1) is 6.04 Å². The van der Waals surface area contributed by atoms with Crippen molar-refractivity contribution in [2.24, 2.45) is 11.7 Å². The lowest BCUT2D eigenvalue weighted by Crippen LogP contribution is -2.32. The van der Waals surface area contributed by atoms with Gasteiger partial charge in [-0.25, -0.2) is 0 Å². The third-order valence-electron chi connectivity index (χ3n) is 1.22. The lowest BCUT2D eigenvalue weighted by molar-refractivity contribution is -0.120. The van der Waals surface area contributed by atoms with Crippen LogP contribution in [0.1, 0.15) is 20.3 Å². The van der Waals surface area contributed by atoms with Crippen LogP contribution in [0.5, 0.6) is 0 Å². The Kier molecular flexibility index (Phi) is 4.73. The first-order valence-corrected chi connectivity index (χ1v) is 4.10. The van der Waals surface area contributed by atoms with E-state index in [1.165, 1.54) is 0 Å². The zero-order valence-corrected chi connectivity index (χ0v) is 7.40. The molecule has 0 amide bonds. The smallest absolute Gasteiger partial charge is 0.150 e. The maximum atomic E-state index is 11.0. The molecular weight excluding hydrogens is 146 g/mol. The van der Waals surface area contributed by atoms with Crippen molar-refractivity contribution in [1.82, 2.24) is 0 Å². The molecule has 0 radical (unpaired) electrons. The second-order valence-corrected chi connectivity index (χ2v) is 3.22. The van der Waals surface area contributed by atoms with Gasteiger partial charge in [-0.15, -0.1) is 0 Å². The van der Waals surface area contributed by atoms with E-state index in [1.807, 2.05) is 13.8 Å². The monoisotopic (exact) mass is 161 g/mol. The lowest BCUT2D eigenvalue weighted by atomic mass is 10.0. The van der Waals surface area contributed by atoms with E-state index in [0.717, 1.165) is 0 Å². The van der Waals surface area contributed by atoms with Crippen molar-refractivity contribution in [2.45, 2.75) is 26.3 Å². The van der Waals surface area contributed by atoms with Crippen molar-refractivity contribution < 1.29 is 4.79 Å². The van der Waals surface area contributed by atoms with Crippen molar-refractivity contribution in [3.05, 3.63) is 0 Å². The fourth-order valence-electron chi connectivity index (χ4n) is 0.656.